The molecule has 1 aromatic rings. The van der Waals surface area contributed by atoms with Crippen molar-refractivity contribution in [2.45, 2.75) is 19.0 Å². The number of aromatic nitrogens is 1. The van der Waals surface area contributed by atoms with Gasteiger partial charge in [0, 0.05) is 0 Å². The summed E-state index contributed by atoms with van der Waals surface area (Å²) in [5, 5.41) is 8.41. The van der Waals surface area contributed by atoms with E-state index in [2.05, 4.69) is 9.72 Å². The number of nitrogens with zero attached hydrogens (tertiary/aromatic N) is 2. The molecule has 0 atom stereocenters. The molecule has 0 spiro atoms. The molecule has 98 valence electrons. The highest BCUT2D eigenvalue weighted by molar-refractivity contribution is 5.38. The molecular formula is C10H7F5N2O. The largest absolute Gasteiger partial charge is 0.481 e. The lowest BCUT2D eigenvalue weighted by Crippen LogP contribution is -2.13. The maximum atomic E-state index is 12.6. The van der Waals surface area contributed by atoms with E-state index in [9.17, 15) is 22.0 Å². The molecule has 0 radical (unpaired) electrons. The molecule has 1 aromatic heterocycles. The van der Waals surface area contributed by atoms with Crippen molar-refractivity contribution in [3.8, 4) is 11.9 Å². The summed E-state index contributed by atoms with van der Waals surface area (Å²) in [5.41, 5.74) is -2.93. The summed E-state index contributed by atoms with van der Waals surface area (Å²) < 4.78 is 67.4. The van der Waals surface area contributed by atoms with E-state index in [1.165, 1.54) is 6.07 Å². The number of methoxy groups -OCH3 is 1. The number of alkyl halides is 5. The minimum Gasteiger partial charge on any atom is -0.481 e. The zero-order valence-electron chi connectivity index (χ0n) is 9.05. The second kappa shape index (κ2) is 5.16. The molecule has 0 saturated carbocycles. The van der Waals surface area contributed by atoms with Crippen LogP contribution in [0.2, 0.25) is 0 Å². The number of rotatable bonds is 3. The smallest absolute Gasteiger partial charge is 0.418 e. The molecule has 0 N–H and O–H groups in total. The highest BCUT2D eigenvalue weighted by Gasteiger charge is 2.36. The molecular weight excluding hydrogens is 259 g/mol. The molecule has 1 rings (SSSR count). The van der Waals surface area contributed by atoms with Gasteiger partial charge in [-0.1, -0.05) is 0 Å². The summed E-state index contributed by atoms with van der Waals surface area (Å²) in [6, 6.07) is 1.76. The van der Waals surface area contributed by atoms with Crippen LogP contribution < -0.4 is 4.74 Å². The first-order valence-corrected chi connectivity index (χ1v) is 4.61. The summed E-state index contributed by atoms with van der Waals surface area (Å²) in [6.45, 7) is 0. The van der Waals surface area contributed by atoms with Gasteiger partial charge in [-0.25, -0.2) is 13.8 Å². The predicted octanol–water partition coefficient (Wildman–Crippen LogP) is 3.11. The summed E-state index contributed by atoms with van der Waals surface area (Å²) >= 11 is 0. The van der Waals surface area contributed by atoms with E-state index >= 15 is 0 Å². The van der Waals surface area contributed by atoms with Crippen LogP contribution >= 0.6 is 0 Å². The monoisotopic (exact) mass is 266 g/mol. The van der Waals surface area contributed by atoms with Crippen LogP contribution in [0.25, 0.3) is 0 Å². The van der Waals surface area contributed by atoms with E-state index in [-0.39, 0.29) is 6.07 Å². The van der Waals surface area contributed by atoms with Crippen LogP contribution in [-0.4, -0.2) is 12.1 Å². The molecule has 3 nitrogen and oxygen atoms in total. The van der Waals surface area contributed by atoms with Crippen LogP contribution in [0, 0.1) is 11.3 Å². The number of halogens is 5. The second-order valence-electron chi connectivity index (χ2n) is 3.21. The van der Waals surface area contributed by atoms with Crippen LogP contribution in [0.1, 0.15) is 23.2 Å². The molecule has 8 heteroatoms. The number of nitriles is 1. The summed E-state index contributed by atoms with van der Waals surface area (Å²) in [4.78, 5) is 3.32. The molecule has 0 aliphatic heterocycles. The second-order valence-corrected chi connectivity index (χ2v) is 3.21. The van der Waals surface area contributed by atoms with Crippen molar-refractivity contribution in [2.75, 3.05) is 7.11 Å². The summed E-state index contributed by atoms with van der Waals surface area (Å²) in [5.74, 6) is -0.608. The lowest BCUT2D eigenvalue weighted by atomic mass is 10.1. The van der Waals surface area contributed by atoms with Crippen molar-refractivity contribution >= 4 is 0 Å². The minimum atomic E-state index is -4.85. The van der Waals surface area contributed by atoms with E-state index in [0.29, 0.717) is 0 Å². The van der Waals surface area contributed by atoms with Gasteiger partial charge in [0.25, 0.3) is 6.43 Å². The Hall–Kier alpha value is -1.91. The maximum Gasteiger partial charge on any atom is 0.418 e. The van der Waals surface area contributed by atoms with Crippen molar-refractivity contribution in [3.05, 3.63) is 22.9 Å². The quantitative estimate of drug-likeness (QED) is 0.789. The molecule has 1 heterocycles. The highest BCUT2D eigenvalue weighted by Crippen LogP contribution is 2.37. The zero-order valence-corrected chi connectivity index (χ0v) is 9.05. The van der Waals surface area contributed by atoms with Gasteiger partial charge in [0.2, 0.25) is 5.88 Å². The predicted molar refractivity (Wildman–Crippen MR) is 50.1 cm³/mol. The highest BCUT2D eigenvalue weighted by atomic mass is 19.4. The van der Waals surface area contributed by atoms with Crippen molar-refractivity contribution in [2.24, 2.45) is 0 Å². The van der Waals surface area contributed by atoms with Crippen LogP contribution in [0.5, 0.6) is 5.88 Å². The van der Waals surface area contributed by atoms with E-state index in [1.54, 1.807) is 0 Å². The minimum absolute atomic E-state index is 0.267. The van der Waals surface area contributed by atoms with Crippen molar-refractivity contribution in [1.29, 1.82) is 5.26 Å². The SMILES string of the molecule is COc1nc(CC#N)c(C(F)(F)F)cc1C(F)F. The fourth-order valence-electron chi connectivity index (χ4n) is 1.32. The van der Waals surface area contributed by atoms with Gasteiger partial charge in [0.1, 0.15) is 0 Å². The topological polar surface area (TPSA) is 45.9 Å². The lowest BCUT2D eigenvalue weighted by molar-refractivity contribution is -0.138. The van der Waals surface area contributed by atoms with Gasteiger partial charge >= 0.3 is 6.18 Å². The van der Waals surface area contributed by atoms with Crippen LogP contribution in [0.15, 0.2) is 6.07 Å². The molecule has 0 amide bonds. The fourth-order valence-corrected chi connectivity index (χ4v) is 1.32. The first-order valence-electron chi connectivity index (χ1n) is 4.61. The molecule has 0 aliphatic rings. The molecule has 18 heavy (non-hydrogen) atoms. The Labute approximate surface area is 98.8 Å². The van der Waals surface area contributed by atoms with E-state index in [1.807, 2.05) is 0 Å². The average molecular weight is 266 g/mol. The van der Waals surface area contributed by atoms with Gasteiger partial charge in [-0.2, -0.15) is 18.4 Å². The Bertz CT molecular complexity index is 478. The molecule has 0 saturated heterocycles. The van der Waals surface area contributed by atoms with Gasteiger partial charge in [0.15, 0.2) is 0 Å². The zero-order chi connectivity index (χ0) is 13.9. The number of ether oxygens (including phenoxy) is 1. The van der Waals surface area contributed by atoms with E-state index < -0.39 is 41.7 Å². The van der Waals surface area contributed by atoms with Gasteiger partial charge in [-0.05, 0) is 6.07 Å². The van der Waals surface area contributed by atoms with Crippen molar-refractivity contribution < 1.29 is 26.7 Å². The van der Waals surface area contributed by atoms with E-state index in [4.69, 9.17) is 5.26 Å². The third-order valence-electron chi connectivity index (χ3n) is 2.07. The van der Waals surface area contributed by atoms with Crippen LogP contribution in [0.3, 0.4) is 0 Å². The van der Waals surface area contributed by atoms with Crippen LogP contribution in [-0.2, 0) is 12.6 Å². The van der Waals surface area contributed by atoms with Gasteiger partial charge in [-0.3, -0.25) is 0 Å². The molecule has 0 bridgehead atoms. The van der Waals surface area contributed by atoms with Gasteiger partial charge < -0.3 is 4.74 Å². The third kappa shape index (κ3) is 2.85. The van der Waals surface area contributed by atoms with Gasteiger partial charge in [0.05, 0.1) is 36.4 Å². The Morgan fingerprint density at radius 3 is 2.44 bits per heavy atom. The first-order chi connectivity index (χ1) is 8.31. The average Bonchev–Trinajstić information content (AvgIpc) is 2.26. The lowest BCUT2D eigenvalue weighted by Gasteiger charge is -2.14. The Kier molecular flexibility index (Phi) is 4.06. The van der Waals surface area contributed by atoms with Crippen molar-refractivity contribution in [3.63, 3.8) is 0 Å². The first kappa shape index (κ1) is 14.2. The third-order valence-corrected chi connectivity index (χ3v) is 2.07. The number of hydrogen-bond acceptors (Lipinski definition) is 3. The normalized spacial score (nSPS) is 11.4. The molecule has 0 fully saturated rings. The molecule has 0 aromatic carbocycles. The molecule has 0 aliphatic carbocycles. The molecule has 0 unspecified atom stereocenters. The van der Waals surface area contributed by atoms with Gasteiger partial charge in [-0.15, -0.1) is 0 Å². The van der Waals surface area contributed by atoms with Crippen LogP contribution in [0.4, 0.5) is 22.0 Å². The standard InChI is InChI=1S/C10H7F5N2O/c1-18-9-5(8(11)12)4-6(10(13,14)15)7(17-9)2-3-16/h4,8H,2H2,1H3. The Balaban J connectivity index is 3.48. The maximum absolute atomic E-state index is 12.6. The van der Waals surface area contributed by atoms with E-state index in [0.717, 1.165) is 7.11 Å². The number of hydrogen-bond donors (Lipinski definition) is 0. The Morgan fingerprint density at radius 2 is 2.06 bits per heavy atom. The number of pyridine rings is 1. The van der Waals surface area contributed by atoms with Crippen molar-refractivity contribution in [1.82, 2.24) is 4.98 Å². The summed E-state index contributed by atoms with van der Waals surface area (Å²) in [7, 11) is 1.01. The fraction of sp³-hybridized carbons (Fsp3) is 0.400. The Morgan fingerprint density at radius 1 is 1.44 bits per heavy atom. The summed E-state index contributed by atoms with van der Waals surface area (Å²) in [6.07, 6.45) is -8.64.